The summed E-state index contributed by atoms with van der Waals surface area (Å²) in [5.41, 5.74) is -0.563. The summed E-state index contributed by atoms with van der Waals surface area (Å²) in [6.07, 6.45) is -2.17. The van der Waals surface area contributed by atoms with Crippen molar-refractivity contribution in [3.63, 3.8) is 0 Å². The van der Waals surface area contributed by atoms with Crippen molar-refractivity contribution in [2.75, 3.05) is 11.9 Å². The summed E-state index contributed by atoms with van der Waals surface area (Å²) >= 11 is 0. The highest BCUT2D eigenvalue weighted by Gasteiger charge is 2.31. The van der Waals surface area contributed by atoms with Crippen LogP contribution < -0.4 is 5.32 Å². The first-order chi connectivity index (χ1) is 13.2. The number of halogens is 3. The van der Waals surface area contributed by atoms with E-state index in [4.69, 9.17) is 9.26 Å². The van der Waals surface area contributed by atoms with E-state index in [1.165, 1.54) is 23.4 Å². The van der Waals surface area contributed by atoms with Gasteiger partial charge in [-0.1, -0.05) is 5.16 Å². The third kappa shape index (κ3) is 4.34. The Morgan fingerprint density at radius 1 is 1.29 bits per heavy atom. The molecule has 0 radical (unpaired) electrons. The summed E-state index contributed by atoms with van der Waals surface area (Å²) < 4.78 is 49.6. The van der Waals surface area contributed by atoms with Crippen molar-refractivity contribution >= 4 is 17.6 Å². The Hall–Kier alpha value is -3.70. The van der Waals surface area contributed by atoms with E-state index < -0.39 is 30.2 Å². The predicted molar refractivity (Wildman–Crippen MR) is 86.5 cm³/mol. The fourth-order valence-corrected chi connectivity index (χ4v) is 2.19. The van der Waals surface area contributed by atoms with Crippen molar-refractivity contribution in [2.24, 2.45) is 0 Å². The summed E-state index contributed by atoms with van der Waals surface area (Å²) in [6.45, 7) is 0.845. The lowest BCUT2D eigenvalue weighted by molar-refractivity contribution is -0.137. The van der Waals surface area contributed by atoms with E-state index >= 15 is 0 Å². The number of aromatic nitrogens is 4. The molecule has 2 heterocycles. The van der Waals surface area contributed by atoms with E-state index in [-0.39, 0.29) is 17.1 Å². The summed E-state index contributed by atoms with van der Waals surface area (Å²) in [7, 11) is 0. The Morgan fingerprint density at radius 3 is 2.68 bits per heavy atom. The van der Waals surface area contributed by atoms with E-state index in [9.17, 15) is 22.8 Å². The van der Waals surface area contributed by atoms with Crippen molar-refractivity contribution < 1.29 is 32.0 Å². The highest BCUT2D eigenvalue weighted by molar-refractivity contribution is 5.96. The number of benzene rings is 1. The largest absolute Gasteiger partial charge is 0.450 e. The molecule has 1 amide bonds. The summed E-state index contributed by atoms with van der Waals surface area (Å²) in [4.78, 5) is 27.5. The van der Waals surface area contributed by atoms with Gasteiger partial charge in [0, 0.05) is 6.07 Å². The van der Waals surface area contributed by atoms with Gasteiger partial charge in [-0.2, -0.15) is 18.3 Å². The maximum atomic E-state index is 13.0. The summed E-state index contributed by atoms with van der Waals surface area (Å²) in [6, 6.07) is 4.04. The molecule has 0 aliphatic carbocycles. The maximum Gasteiger partial charge on any atom is 0.416 e. The highest BCUT2D eigenvalue weighted by Crippen LogP contribution is 2.33. The molecule has 28 heavy (non-hydrogen) atoms. The van der Waals surface area contributed by atoms with Crippen molar-refractivity contribution in [2.45, 2.75) is 13.1 Å². The number of ether oxygens (including phenoxy) is 1. The summed E-state index contributed by atoms with van der Waals surface area (Å²) in [5.74, 6) is -1.99. The lowest BCUT2D eigenvalue weighted by Gasteiger charge is -2.14. The smallest absolute Gasteiger partial charge is 0.416 e. The number of carbonyl (C=O) groups is 2. The molecule has 2 aromatic heterocycles. The van der Waals surface area contributed by atoms with Crippen molar-refractivity contribution in [1.82, 2.24) is 19.9 Å². The summed E-state index contributed by atoms with van der Waals surface area (Å²) in [5, 5.41) is 9.61. The molecule has 0 aliphatic heterocycles. The second kappa shape index (κ2) is 7.50. The third-order valence-electron chi connectivity index (χ3n) is 3.43. The first kappa shape index (κ1) is 19.1. The van der Waals surface area contributed by atoms with Crippen LogP contribution in [0.3, 0.4) is 0 Å². The Morgan fingerprint density at radius 2 is 2.07 bits per heavy atom. The van der Waals surface area contributed by atoms with Crippen LogP contribution in [0.25, 0.3) is 5.69 Å². The number of hydrogen-bond acceptors (Lipinski definition) is 7. The highest BCUT2D eigenvalue weighted by atomic mass is 19.4. The zero-order valence-electron chi connectivity index (χ0n) is 14.2. The number of esters is 1. The zero-order chi connectivity index (χ0) is 20.3. The van der Waals surface area contributed by atoms with E-state index in [1.54, 1.807) is 6.92 Å². The van der Waals surface area contributed by atoms with Crippen LogP contribution in [0.4, 0.5) is 18.9 Å². The first-order valence-corrected chi connectivity index (χ1v) is 7.70. The second-order valence-electron chi connectivity index (χ2n) is 5.53. The maximum absolute atomic E-state index is 13.0. The Bertz CT molecular complexity index is 998. The molecule has 0 saturated carbocycles. The number of anilines is 1. The molecule has 0 bridgehead atoms. The van der Waals surface area contributed by atoms with Crippen molar-refractivity contribution in [1.29, 1.82) is 0 Å². The van der Waals surface area contributed by atoms with Gasteiger partial charge in [-0.15, -0.1) is 0 Å². The van der Waals surface area contributed by atoms with Gasteiger partial charge >= 0.3 is 12.1 Å². The Labute approximate surface area is 155 Å². The van der Waals surface area contributed by atoms with Gasteiger partial charge in [0.1, 0.15) is 12.7 Å². The second-order valence-corrected chi connectivity index (χ2v) is 5.53. The Kier molecular flexibility index (Phi) is 5.11. The number of aryl methyl sites for hydroxylation is 1. The molecule has 0 spiro atoms. The molecule has 0 fully saturated rings. The topological polar surface area (TPSA) is 112 Å². The average Bonchev–Trinajstić information content (AvgIpc) is 3.30. The van der Waals surface area contributed by atoms with E-state index in [0.717, 1.165) is 18.2 Å². The van der Waals surface area contributed by atoms with Gasteiger partial charge in [0.2, 0.25) is 5.76 Å². The lowest BCUT2D eigenvalue weighted by Crippen LogP contribution is -2.22. The molecular weight excluding hydrogens is 383 g/mol. The monoisotopic (exact) mass is 395 g/mol. The van der Waals surface area contributed by atoms with Crippen LogP contribution in [0, 0.1) is 6.92 Å². The SMILES string of the molecule is Cc1cc(C(=O)OCC(=O)Nc2cc(C(F)(F)F)ccc2-n2cncn2)on1. The van der Waals surface area contributed by atoms with Crippen molar-refractivity contribution in [3.8, 4) is 5.69 Å². The minimum atomic E-state index is -4.61. The number of amides is 1. The van der Waals surface area contributed by atoms with E-state index in [0.29, 0.717) is 5.69 Å². The average molecular weight is 395 g/mol. The predicted octanol–water partition coefficient (Wildman–Crippen LogP) is 2.38. The fraction of sp³-hybridized carbons (Fsp3) is 0.188. The molecule has 0 atom stereocenters. The van der Waals surface area contributed by atoms with Crippen LogP contribution in [0.5, 0.6) is 0 Å². The minimum absolute atomic E-state index is 0.149. The molecule has 0 aliphatic rings. The zero-order valence-corrected chi connectivity index (χ0v) is 14.2. The molecule has 9 nitrogen and oxygen atoms in total. The Balaban J connectivity index is 1.76. The van der Waals surface area contributed by atoms with Gasteiger partial charge in [0.05, 0.1) is 22.6 Å². The molecule has 3 rings (SSSR count). The fourth-order valence-electron chi connectivity index (χ4n) is 2.19. The number of carbonyl (C=O) groups excluding carboxylic acids is 2. The molecular formula is C16H12F3N5O4. The number of nitrogens with zero attached hydrogens (tertiary/aromatic N) is 4. The van der Waals surface area contributed by atoms with Gasteiger partial charge in [-0.05, 0) is 25.1 Å². The van der Waals surface area contributed by atoms with Gasteiger partial charge in [0.15, 0.2) is 6.61 Å². The van der Waals surface area contributed by atoms with E-state index in [1.807, 2.05) is 0 Å². The van der Waals surface area contributed by atoms with Crippen LogP contribution in [0.1, 0.15) is 21.8 Å². The quantitative estimate of drug-likeness (QED) is 0.660. The molecule has 0 unspecified atom stereocenters. The molecule has 1 aromatic carbocycles. The van der Waals surface area contributed by atoms with Crippen LogP contribution in [0.2, 0.25) is 0 Å². The van der Waals surface area contributed by atoms with Gasteiger partial charge < -0.3 is 14.6 Å². The van der Waals surface area contributed by atoms with Crippen molar-refractivity contribution in [3.05, 3.63) is 53.9 Å². The van der Waals surface area contributed by atoms with Crippen LogP contribution in [0.15, 0.2) is 41.4 Å². The molecule has 1 N–H and O–H groups in total. The number of hydrogen-bond donors (Lipinski definition) is 1. The lowest BCUT2D eigenvalue weighted by atomic mass is 10.1. The van der Waals surface area contributed by atoms with Gasteiger partial charge in [-0.25, -0.2) is 14.5 Å². The van der Waals surface area contributed by atoms with E-state index in [2.05, 4.69) is 20.6 Å². The normalized spacial score (nSPS) is 11.3. The number of alkyl halides is 3. The van der Waals surface area contributed by atoms with Gasteiger partial charge in [-0.3, -0.25) is 4.79 Å². The molecule has 0 saturated heterocycles. The van der Waals surface area contributed by atoms with Crippen LogP contribution in [-0.2, 0) is 15.7 Å². The van der Waals surface area contributed by atoms with Crippen LogP contribution >= 0.6 is 0 Å². The van der Waals surface area contributed by atoms with Crippen LogP contribution in [-0.4, -0.2) is 38.4 Å². The number of nitrogens with one attached hydrogen (secondary N) is 1. The number of rotatable bonds is 5. The minimum Gasteiger partial charge on any atom is -0.450 e. The molecule has 3 aromatic rings. The first-order valence-electron chi connectivity index (χ1n) is 7.70. The standard InChI is InChI=1S/C16H12F3N5O4/c1-9-4-13(28-23-9)15(26)27-6-14(25)22-11-5-10(16(17,18)19)2-3-12(11)24-8-20-7-21-24/h2-5,7-8H,6H2,1H3,(H,22,25). The van der Waals surface area contributed by atoms with Gasteiger partial charge in [0.25, 0.3) is 5.91 Å². The molecule has 12 heteroatoms. The molecule has 146 valence electrons. The third-order valence-corrected chi connectivity index (χ3v) is 3.43.